The van der Waals surface area contributed by atoms with Crippen molar-refractivity contribution in [3.05, 3.63) is 65.5 Å². The topological polar surface area (TPSA) is 36.4 Å². The fourth-order valence-electron chi connectivity index (χ4n) is 3.18. The number of aliphatic hydroxyl groups excluding tert-OH is 1. The van der Waals surface area contributed by atoms with E-state index in [-0.39, 0.29) is 12.1 Å². The molecule has 0 bridgehead atoms. The molecule has 21 heavy (non-hydrogen) atoms. The van der Waals surface area contributed by atoms with Gasteiger partial charge in [0, 0.05) is 30.9 Å². The van der Waals surface area contributed by atoms with E-state index in [0.717, 1.165) is 37.1 Å². The van der Waals surface area contributed by atoms with E-state index >= 15 is 0 Å². The number of hydrogen-bond donors (Lipinski definition) is 1. The summed E-state index contributed by atoms with van der Waals surface area (Å²) < 4.78 is 0. The summed E-state index contributed by atoms with van der Waals surface area (Å²) in [6.45, 7) is 0.918. The zero-order valence-corrected chi connectivity index (χ0v) is 12.4. The largest absolute Gasteiger partial charge is 0.387 e. The third-order valence-electron chi connectivity index (χ3n) is 4.46. The average Bonchev–Trinajstić information content (AvgIpc) is 2.54. The Morgan fingerprint density at radius 3 is 2.81 bits per heavy atom. The minimum Gasteiger partial charge on any atom is -0.387 e. The Balaban J connectivity index is 1.65. The number of pyridine rings is 1. The summed E-state index contributed by atoms with van der Waals surface area (Å²) in [4.78, 5) is 6.63. The molecule has 1 aliphatic carbocycles. The predicted molar refractivity (Wildman–Crippen MR) is 84.1 cm³/mol. The molecule has 2 unspecified atom stereocenters. The molecule has 1 aromatic carbocycles. The predicted octanol–water partition coefficient (Wildman–Crippen LogP) is 2.60. The normalized spacial score (nSPS) is 21.3. The van der Waals surface area contributed by atoms with Crippen LogP contribution in [0, 0.1) is 0 Å². The van der Waals surface area contributed by atoms with Gasteiger partial charge >= 0.3 is 0 Å². The van der Waals surface area contributed by atoms with E-state index in [1.165, 1.54) is 5.56 Å². The second-order valence-corrected chi connectivity index (χ2v) is 5.80. The molecule has 3 heteroatoms. The van der Waals surface area contributed by atoms with Crippen LogP contribution in [-0.4, -0.2) is 34.6 Å². The summed E-state index contributed by atoms with van der Waals surface area (Å²) in [7, 11) is 2.10. The molecule has 0 aliphatic heterocycles. The Morgan fingerprint density at radius 1 is 1.19 bits per heavy atom. The van der Waals surface area contributed by atoms with Crippen molar-refractivity contribution in [3.63, 3.8) is 0 Å². The number of nitrogens with zero attached hydrogens (tertiary/aromatic N) is 2. The fraction of sp³-hybridized carbons (Fsp3) is 0.389. The molecule has 0 saturated heterocycles. The van der Waals surface area contributed by atoms with E-state index in [2.05, 4.69) is 41.2 Å². The third-order valence-corrected chi connectivity index (χ3v) is 4.46. The zero-order chi connectivity index (χ0) is 14.7. The van der Waals surface area contributed by atoms with Gasteiger partial charge in [-0.15, -0.1) is 0 Å². The van der Waals surface area contributed by atoms with Crippen LogP contribution in [0.15, 0.2) is 48.7 Å². The summed E-state index contributed by atoms with van der Waals surface area (Å²) in [5, 5.41) is 10.6. The monoisotopic (exact) mass is 282 g/mol. The molecule has 3 rings (SSSR count). The molecule has 2 aromatic rings. The van der Waals surface area contributed by atoms with Gasteiger partial charge in [0.05, 0.1) is 6.10 Å². The number of aryl methyl sites for hydroxylation is 1. The lowest BCUT2D eigenvalue weighted by molar-refractivity contribution is 0.0504. The highest BCUT2D eigenvalue weighted by molar-refractivity contribution is 5.32. The van der Waals surface area contributed by atoms with Crippen molar-refractivity contribution in [2.75, 3.05) is 13.6 Å². The third kappa shape index (κ3) is 3.14. The zero-order valence-electron chi connectivity index (χ0n) is 12.4. The highest BCUT2D eigenvalue weighted by Crippen LogP contribution is 2.32. The average molecular weight is 282 g/mol. The molecule has 0 saturated carbocycles. The highest BCUT2D eigenvalue weighted by atomic mass is 16.3. The Morgan fingerprint density at radius 2 is 2.00 bits per heavy atom. The quantitative estimate of drug-likeness (QED) is 0.936. The minimum absolute atomic E-state index is 0.198. The lowest BCUT2D eigenvalue weighted by Gasteiger charge is -2.36. The molecule has 1 aromatic heterocycles. The molecule has 110 valence electrons. The van der Waals surface area contributed by atoms with Gasteiger partial charge in [-0.3, -0.25) is 4.98 Å². The van der Waals surface area contributed by atoms with Crippen molar-refractivity contribution < 1.29 is 5.11 Å². The Kier molecular flexibility index (Phi) is 4.32. The van der Waals surface area contributed by atoms with Gasteiger partial charge in [0.1, 0.15) is 0 Å². The molecule has 1 N–H and O–H groups in total. The van der Waals surface area contributed by atoms with Crippen LogP contribution in [-0.2, 0) is 12.8 Å². The fourth-order valence-corrected chi connectivity index (χ4v) is 3.18. The first kappa shape index (κ1) is 14.2. The van der Waals surface area contributed by atoms with Gasteiger partial charge < -0.3 is 10.0 Å². The van der Waals surface area contributed by atoms with E-state index in [9.17, 15) is 5.11 Å². The Labute approximate surface area is 126 Å². The van der Waals surface area contributed by atoms with Crippen molar-refractivity contribution in [3.8, 4) is 0 Å². The second kappa shape index (κ2) is 6.37. The van der Waals surface area contributed by atoms with Crippen LogP contribution >= 0.6 is 0 Å². The molecule has 0 amide bonds. The van der Waals surface area contributed by atoms with Gasteiger partial charge in [0.25, 0.3) is 0 Å². The van der Waals surface area contributed by atoms with E-state index in [4.69, 9.17) is 0 Å². The molecule has 2 atom stereocenters. The van der Waals surface area contributed by atoms with Gasteiger partial charge in [-0.2, -0.15) is 0 Å². The maximum atomic E-state index is 10.6. The molecular formula is C18H22N2O. The summed E-state index contributed by atoms with van der Waals surface area (Å²) in [6, 6.07) is 14.5. The van der Waals surface area contributed by atoms with Gasteiger partial charge in [-0.05, 0) is 43.1 Å². The van der Waals surface area contributed by atoms with Gasteiger partial charge in [-0.25, -0.2) is 0 Å². The maximum Gasteiger partial charge on any atom is 0.0947 e. The van der Waals surface area contributed by atoms with Crippen LogP contribution in [0.3, 0.4) is 0 Å². The van der Waals surface area contributed by atoms with E-state index in [1.807, 2.05) is 24.4 Å². The van der Waals surface area contributed by atoms with E-state index < -0.39 is 0 Å². The SMILES string of the molecule is CN(CCc1ccccn1)C1CCc2ccccc2C1O. The van der Waals surface area contributed by atoms with Gasteiger partial charge in [-0.1, -0.05) is 30.3 Å². The molecule has 0 spiro atoms. The van der Waals surface area contributed by atoms with E-state index in [1.54, 1.807) is 0 Å². The minimum atomic E-state index is -0.385. The molecule has 3 nitrogen and oxygen atoms in total. The summed E-state index contributed by atoms with van der Waals surface area (Å²) in [6.07, 6.45) is 4.43. The molecule has 1 aliphatic rings. The van der Waals surface area contributed by atoms with Crippen LogP contribution in [0.5, 0.6) is 0 Å². The van der Waals surface area contributed by atoms with Gasteiger partial charge in [0.2, 0.25) is 0 Å². The maximum absolute atomic E-state index is 10.6. The second-order valence-electron chi connectivity index (χ2n) is 5.80. The Bertz CT molecular complexity index is 585. The highest BCUT2D eigenvalue weighted by Gasteiger charge is 2.30. The molecular weight excluding hydrogens is 260 g/mol. The van der Waals surface area contributed by atoms with Crippen molar-refractivity contribution >= 4 is 0 Å². The summed E-state index contributed by atoms with van der Waals surface area (Å²) in [5.41, 5.74) is 3.49. The lowest BCUT2D eigenvalue weighted by Crippen LogP contribution is -2.40. The van der Waals surface area contributed by atoms with Crippen LogP contribution in [0.1, 0.15) is 29.3 Å². The number of aromatic nitrogens is 1. The smallest absolute Gasteiger partial charge is 0.0947 e. The molecule has 1 heterocycles. The number of benzene rings is 1. The summed E-state index contributed by atoms with van der Waals surface area (Å²) >= 11 is 0. The Hall–Kier alpha value is -1.71. The van der Waals surface area contributed by atoms with Crippen molar-refractivity contribution in [2.24, 2.45) is 0 Å². The van der Waals surface area contributed by atoms with Crippen molar-refractivity contribution in [1.82, 2.24) is 9.88 Å². The lowest BCUT2D eigenvalue weighted by atomic mass is 9.85. The van der Waals surface area contributed by atoms with Crippen LogP contribution in [0.2, 0.25) is 0 Å². The molecule has 0 radical (unpaired) electrons. The van der Waals surface area contributed by atoms with Crippen LogP contribution in [0.25, 0.3) is 0 Å². The number of rotatable bonds is 4. The van der Waals surface area contributed by atoms with Crippen LogP contribution < -0.4 is 0 Å². The van der Waals surface area contributed by atoms with Crippen molar-refractivity contribution in [2.45, 2.75) is 31.4 Å². The van der Waals surface area contributed by atoms with Crippen LogP contribution in [0.4, 0.5) is 0 Å². The first-order valence-electron chi connectivity index (χ1n) is 7.62. The summed E-state index contributed by atoms with van der Waals surface area (Å²) in [5.74, 6) is 0. The molecule has 0 fully saturated rings. The van der Waals surface area contributed by atoms with Crippen molar-refractivity contribution in [1.29, 1.82) is 0 Å². The first-order valence-corrected chi connectivity index (χ1v) is 7.62. The standard InChI is InChI=1S/C18H22N2O/c1-20(13-11-15-7-4-5-12-19-15)17-10-9-14-6-2-3-8-16(14)18(17)21/h2-8,12,17-18,21H,9-11,13H2,1H3. The number of aliphatic hydroxyl groups is 1. The van der Waals surface area contributed by atoms with E-state index in [0.29, 0.717) is 0 Å². The number of likely N-dealkylation sites (N-methyl/N-ethyl adjacent to an activating group) is 1. The number of hydrogen-bond acceptors (Lipinski definition) is 3. The van der Waals surface area contributed by atoms with Gasteiger partial charge in [0.15, 0.2) is 0 Å². The first-order chi connectivity index (χ1) is 10.3. The number of fused-ring (bicyclic) bond motifs is 1.